The van der Waals surface area contributed by atoms with E-state index in [1.807, 2.05) is 26.2 Å². The number of anilines is 1. The first-order valence-electron chi connectivity index (χ1n) is 9.78. The van der Waals surface area contributed by atoms with Gasteiger partial charge in [-0.15, -0.1) is 0 Å². The van der Waals surface area contributed by atoms with E-state index in [0.717, 1.165) is 17.7 Å². The van der Waals surface area contributed by atoms with Crippen molar-refractivity contribution >= 4 is 44.2 Å². The molecule has 0 unspecified atom stereocenters. The van der Waals surface area contributed by atoms with Gasteiger partial charge in [0, 0.05) is 6.54 Å². The van der Waals surface area contributed by atoms with Crippen LogP contribution in [0.5, 0.6) is 17.2 Å². The van der Waals surface area contributed by atoms with E-state index >= 15 is 0 Å². The third kappa shape index (κ3) is 5.58. The van der Waals surface area contributed by atoms with Gasteiger partial charge in [-0.05, 0) is 51.3 Å². The molecule has 2 aromatic carbocycles. The Balaban J connectivity index is 1.86. The molecule has 0 radical (unpaired) electrons. The molecule has 0 saturated heterocycles. The van der Waals surface area contributed by atoms with Crippen LogP contribution in [-0.2, 0) is 4.79 Å². The summed E-state index contributed by atoms with van der Waals surface area (Å²) in [5.41, 5.74) is 0.644. The van der Waals surface area contributed by atoms with Gasteiger partial charge >= 0.3 is 0 Å². The third-order valence-electron chi connectivity index (χ3n) is 4.61. The van der Waals surface area contributed by atoms with Gasteiger partial charge in [-0.3, -0.25) is 9.69 Å². The number of carbonyl (C=O) groups is 1. The maximum absolute atomic E-state index is 13.2. The lowest BCUT2D eigenvalue weighted by molar-refractivity contribution is -0.120. The average Bonchev–Trinajstić information content (AvgIpc) is 3.21. The molecule has 0 aliphatic carbocycles. The van der Waals surface area contributed by atoms with Gasteiger partial charge in [-0.25, -0.2) is 4.98 Å². The Bertz CT molecular complexity index is 1040. The number of methoxy groups -OCH3 is 2. The summed E-state index contributed by atoms with van der Waals surface area (Å²) in [6.07, 6.45) is 0.786. The van der Waals surface area contributed by atoms with Crippen molar-refractivity contribution in [2.24, 2.45) is 0 Å². The van der Waals surface area contributed by atoms with Gasteiger partial charge in [-0.2, -0.15) is 0 Å². The Morgan fingerprint density at radius 2 is 1.74 bits per heavy atom. The van der Waals surface area contributed by atoms with Crippen LogP contribution in [0.25, 0.3) is 10.2 Å². The summed E-state index contributed by atoms with van der Waals surface area (Å²) in [5, 5.41) is 1.14. The number of rotatable bonds is 10. The molecule has 166 valence electrons. The number of amides is 1. The summed E-state index contributed by atoms with van der Waals surface area (Å²) < 4.78 is 17.3. The second-order valence-electron chi connectivity index (χ2n) is 7.07. The molecule has 7 nitrogen and oxygen atoms in total. The molecule has 3 aromatic rings. The Morgan fingerprint density at radius 1 is 1.03 bits per heavy atom. The van der Waals surface area contributed by atoms with Gasteiger partial charge in [0.05, 0.1) is 23.9 Å². The van der Waals surface area contributed by atoms with E-state index in [9.17, 15) is 4.79 Å². The third-order valence-corrected chi connectivity index (χ3v) is 6.15. The Kier molecular flexibility index (Phi) is 7.95. The Morgan fingerprint density at radius 3 is 2.42 bits per heavy atom. The van der Waals surface area contributed by atoms with Crippen LogP contribution >= 0.6 is 22.9 Å². The summed E-state index contributed by atoms with van der Waals surface area (Å²) in [5.74, 6) is 1.51. The van der Waals surface area contributed by atoms with E-state index < -0.39 is 0 Å². The van der Waals surface area contributed by atoms with Gasteiger partial charge in [0.25, 0.3) is 5.91 Å². The average molecular weight is 464 g/mol. The number of nitrogens with zero attached hydrogens (tertiary/aromatic N) is 3. The molecule has 0 aliphatic rings. The Hall–Kier alpha value is -2.55. The lowest BCUT2D eigenvalue weighted by Gasteiger charge is -2.21. The predicted octanol–water partition coefficient (Wildman–Crippen LogP) is 4.33. The predicted molar refractivity (Wildman–Crippen MR) is 125 cm³/mol. The number of aromatic nitrogens is 1. The number of thiazole rings is 1. The Labute approximate surface area is 191 Å². The van der Waals surface area contributed by atoms with Gasteiger partial charge in [0.15, 0.2) is 23.2 Å². The van der Waals surface area contributed by atoms with Crippen molar-refractivity contribution in [3.8, 4) is 17.2 Å². The second kappa shape index (κ2) is 10.7. The molecule has 0 saturated carbocycles. The zero-order valence-corrected chi connectivity index (χ0v) is 19.6. The van der Waals surface area contributed by atoms with Crippen molar-refractivity contribution in [3.05, 3.63) is 41.4 Å². The number of fused-ring (bicyclic) bond motifs is 1. The number of benzene rings is 2. The summed E-state index contributed by atoms with van der Waals surface area (Å²) in [6, 6.07) is 10.8. The number of ether oxygens (including phenoxy) is 3. The summed E-state index contributed by atoms with van der Waals surface area (Å²) >= 11 is 7.74. The number of hydrogen-bond donors (Lipinski definition) is 0. The number of halogens is 1. The van der Waals surface area contributed by atoms with Crippen molar-refractivity contribution in [2.45, 2.75) is 6.42 Å². The molecule has 31 heavy (non-hydrogen) atoms. The minimum Gasteiger partial charge on any atom is -0.494 e. The maximum atomic E-state index is 13.2. The van der Waals surface area contributed by atoms with Crippen LogP contribution < -0.4 is 19.1 Å². The molecular weight excluding hydrogens is 438 g/mol. The van der Waals surface area contributed by atoms with Gasteiger partial charge in [0.1, 0.15) is 11.3 Å². The molecule has 1 heterocycles. The molecule has 0 atom stereocenters. The van der Waals surface area contributed by atoms with Crippen molar-refractivity contribution < 1.29 is 19.0 Å². The fourth-order valence-corrected chi connectivity index (χ4v) is 4.35. The van der Waals surface area contributed by atoms with Crippen molar-refractivity contribution in [1.29, 1.82) is 0 Å². The first-order chi connectivity index (χ1) is 14.9. The molecule has 3 rings (SSSR count). The topological polar surface area (TPSA) is 64.1 Å². The number of para-hydroxylation sites is 2. The maximum Gasteiger partial charge on any atom is 0.266 e. The van der Waals surface area contributed by atoms with Crippen LogP contribution in [0, 0.1) is 0 Å². The van der Waals surface area contributed by atoms with Crippen LogP contribution in [0.4, 0.5) is 5.13 Å². The number of carbonyl (C=O) groups excluding carboxylic acids is 1. The molecule has 1 amide bonds. The van der Waals surface area contributed by atoms with Crippen LogP contribution in [0.2, 0.25) is 5.02 Å². The lowest BCUT2D eigenvalue weighted by atomic mass is 10.3. The monoisotopic (exact) mass is 463 g/mol. The highest BCUT2D eigenvalue weighted by Gasteiger charge is 2.22. The molecule has 9 heteroatoms. The highest BCUT2D eigenvalue weighted by Crippen LogP contribution is 2.38. The first-order valence-corrected chi connectivity index (χ1v) is 11.0. The molecular formula is C22H26ClN3O4S. The highest BCUT2D eigenvalue weighted by molar-refractivity contribution is 7.23. The van der Waals surface area contributed by atoms with E-state index in [1.165, 1.54) is 11.3 Å². The molecule has 0 spiro atoms. The SMILES string of the molecule is COc1ccccc1OCC(=O)N(CCCN(C)C)c1nc2c(OC)ccc(Cl)c2s1. The molecule has 0 aliphatic heterocycles. The van der Waals surface area contributed by atoms with E-state index in [4.69, 9.17) is 25.8 Å². The second-order valence-corrected chi connectivity index (χ2v) is 8.45. The lowest BCUT2D eigenvalue weighted by Crippen LogP contribution is -2.36. The summed E-state index contributed by atoms with van der Waals surface area (Å²) in [6.45, 7) is 1.21. The zero-order valence-electron chi connectivity index (χ0n) is 18.1. The molecule has 0 fully saturated rings. The standard InChI is InChI=1S/C22H26ClN3O4S/c1-25(2)12-7-13-26(19(27)14-30-17-9-6-5-8-16(17)28-3)22-24-20-18(29-4)11-10-15(23)21(20)31-22/h5-6,8-11H,7,12-14H2,1-4H3. The minimum absolute atomic E-state index is 0.136. The van der Waals surface area contributed by atoms with E-state index in [-0.39, 0.29) is 12.5 Å². The highest BCUT2D eigenvalue weighted by atomic mass is 35.5. The normalized spacial score (nSPS) is 11.0. The smallest absolute Gasteiger partial charge is 0.266 e. The van der Waals surface area contributed by atoms with Gasteiger partial charge < -0.3 is 19.1 Å². The van der Waals surface area contributed by atoms with Crippen LogP contribution in [0.1, 0.15) is 6.42 Å². The molecule has 1 aromatic heterocycles. The van der Waals surface area contributed by atoms with Crippen molar-refractivity contribution in [3.63, 3.8) is 0 Å². The summed E-state index contributed by atoms with van der Waals surface area (Å²) in [7, 11) is 7.15. The van der Waals surface area contributed by atoms with Crippen molar-refractivity contribution in [2.75, 3.05) is 52.9 Å². The van der Waals surface area contributed by atoms with Crippen LogP contribution in [-0.4, -0.2) is 63.8 Å². The fourth-order valence-electron chi connectivity index (χ4n) is 3.05. The summed E-state index contributed by atoms with van der Waals surface area (Å²) in [4.78, 5) is 21.6. The van der Waals surface area contributed by atoms with E-state index in [2.05, 4.69) is 9.88 Å². The zero-order chi connectivity index (χ0) is 22.4. The van der Waals surface area contributed by atoms with E-state index in [0.29, 0.717) is 39.5 Å². The largest absolute Gasteiger partial charge is 0.494 e. The van der Waals surface area contributed by atoms with Crippen molar-refractivity contribution in [1.82, 2.24) is 9.88 Å². The van der Waals surface area contributed by atoms with Gasteiger partial charge in [-0.1, -0.05) is 35.1 Å². The first kappa shape index (κ1) is 23.1. The van der Waals surface area contributed by atoms with E-state index in [1.54, 1.807) is 43.4 Å². The van der Waals surface area contributed by atoms with Crippen LogP contribution in [0.3, 0.4) is 0 Å². The number of hydrogen-bond acceptors (Lipinski definition) is 7. The fraction of sp³-hybridized carbons (Fsp3) is 0.364. The van der Waals surface area contributed by atoms with Crippen LogP contribution in [0.15, 0.2) is 36.4 Å². The minimum atomic E-state index is -0.196. The molecule has 0 N–H and O–H groups in total. The quantitative estimate of drug-likeness (QED) is 0.446. The molecule has 0 bridgehead atoms. The van der Waals surface area contributed by atoms with Gasteiger partial charge in [0.2, 0.25) is 0 Å².